The van der Waals surface area contributed by atoms with E-state index in [4.69, 9.17) is 0 Å². The fourth-order valence-corrected chi connectivity index (χ4v) is 3.80. The third-order valence-corrected chi connectivity index (χ3v) is 5.56. The number of rotatable bonds is 4. The van der Waals surface area contributed by atoms with E-state index in [-0.39, 0.29) is 23.8 Å². The first-order chi connectivity index (χ1) is 11.9. The maximum absolute atomic E-state index is 12.9. The molecule has 0 saturated carbocycles. The zero-order chi connectivity index (χ0) is 18.0. The Morgan fingerprint density at radius 3 is 2.52 bits per heavy atom. The Hall–Kier alpha value is -2.74. The molecule has 0 unspecified atom stereocenters. The zero-order valence-corrected chi connectivity index (χ0v) is 13.9. The molecular formula is C17H15FN2O4S. The molecule has 8 heteroatoms. The van der Waals surface area contributed by atoms with Crippen molar-refractivity contribution in [1.29, 1.82) is 0 Å². The summed E-state index contributed by atoms with van der Waals surface area (Å²) in [6.45, 7) is -0.160. The predicted octanol–water partition coefficient (Wildman–Crippen LogP) is 1.97. The molecule has 1 aliphatic heterocycles. The number of benzene rings is 2. The minimum Gasteiger partial charge on any atom is -0.323 e. The number of hydrogen-bond donors (Lipinski definition) is 1. The molecule has 2 aromatic carbocycles. The largest absolute Gasteiger partial charge is 0.323 e. The number of hydrogen-bond acceptors (Lipinski definition) is 4. The molecular weight excluding hydrogens is 347 g/mol. The van der Waals surface area contributed by atoms with Crippen molar-refractivity contribution >= 4 is 33.0 Å². The summed E-state index contributed by atoms with van der Waals surface area (Å²) in [5.41, 5.74) is 1.04. The standard InChI is InChI=1S/C17H15FN2O4S/c18-12-5-7-13(8-6-12)25(23,24)10-9-17(22)20-11-16(21)19-14-3-1-2-4-15(14)20/h1-8H,9-11H2,(H,19,21). The van der Waals surface area contributed by atoms with E-state index in [1.54, 1.807) is 24.3 Å². The Morgan fingerprint density at radius 2 is 1.80 bits per heavy atom. The van der Waals surface area contributed by atoms with Crippen LogP contribution in [0.3, 0.4) is 0 Å². The first-order valence-corrected chi connectivity index (χ1v) is 9.19. The van der Waals surface area contributed by atoms with Crippen LogP contribution in [0, 0.1) is 5.82 Å². The Balaban J connectivity index is 1.75. The van der Waals surface area contributed by atoms with Gasteiger partial charge in [0.25, 0.3) is 0 Å². The lowest BCUT2D eigenvalue weighted by atomic mass is 10.2. The Bertz CT molecular complexity index is 926. The highest BCUT2D eigenvalue weighted by molar-refractivity contribution is 7.91. The average Bonchev–Trinajstić information content (AvgIpc) is 2.59. The molecule has 6 nitrogen and oxygen atoms in total. The fourth-order valence-electron chi connectivity index (χ4n) is 2.57. The van der Waals surface area contributed by atoms with Crippen molar-refractivity contribution in [2.75, 3.05) is 22.5 Å². The van der Waals surface area contributed by atoms with Gasteiger partial charge in [0.15, 0.2) is 9.84 Å². The topological polar surface area (TPSA) is 83.6 Å². The van der Waals surface area contributed by atoms with Crippen LogP contribution in [0.25, 0.3) is 0 Å². The molecule has 0 aliphatic carbocycles. The summed E-state index contributed by atoms with van der Waals surface area (Å²) in [5, 5.41) is 2.66. The number of carbonyl (C=O) groups excluding carboxylic acids is 2. The van der Waals surface area contributed by atoms with E-state index in [0.29, 0.717) is 11.4 Å². The second-order valence-corrected chi connectivity index (χ2v) is 7.68. The minimum absolute atomic E-state index is 0.0431. The molecule has 130 valence electrons. The van der Waals surface area contributed by atoms with Crippen molar-refractivity contribution in [1.82, 2.24) is 0 Å². The predicted molar refractivity (Wildman–Crippen MR) is 90.5 cm³/mol. The van der Waals surface area contributed by atoms with Crippen molar-refractivity contribution in [2.24, 2.45) is 0 Å². The molecule has 0 bridgehead atoms. The zero-order valence-electron chi connectivity index (χ0n) is 13.1. The number of para-hydroxylation sites is 2. The summed E-state index contributed by atoms with van der Waals surface area (Å²) in [5.74, 6) is -1.76. The smallest absolute Gasteiger partial charge is 0.244 e. The monoisotopic (exact) mass is 362 g/mol. The average molecular weight is 362 g/mol. The number of nitrogens with one attached hydrogen (secondary N) is 1. The van der Waals surface area contributed by atoms with Gasteiger partial charge in [0, 0.05) is 6.42 Å². The molecule has 2 amide bonds. The number of amides is 2. The molecule has 1 heterocycles. The van der Waals surface area contributed by atoms with E-state index in [2.05, 4.69) is 5.32 Å². The molecule has 2 aromatic rings. The number of fused-ring (bicyclic) bond motifs is 1. The summed E-state index contributed by atoms with van der Waals surface area (Å²) in [7, 11) is -3.72. The first kappa shape index (κ1) is 17.1. The van der Waals surface area contributed by atoms with Crippen LogP contribution in [0.1, 0.15) is 6.42 Å². The van der Waals surface area contributed by atoms with Crippen LogP contribution < -0.4 is 10.2 Å². The molecule has 1 aliphatic rings. The van der Waals surface area contributed by atoms with E-state index >= 15 is 0 Å². The number of nitrogens with zero attached hydrogens (tertiary/aromatic N) is 1. The summed E-state index contributed by atoms with van der Waals surface area (Å²) in [4.78, 5) is 25.4. The van der Waals surface area contributed by atoms with E-state index in [1.807, 2.05) is 0 Å². The summed E-state index contributed by atoms with van der Waals surface area (Å²) in [6.07, 6.45) is -0.276. The fraction of sp³-hybridized carbons (Fsp3) is 0.176. The van der Waals surface area contributed by atoms with Crippen LogP contribution in [-0.4, -0.2) is 32.5 Å². The van der Waals surface area contributed by atoms with E-state index in [0.717, 1.165) is 12.1 Å². The van der Waals surface area contributed by atoms with Crippen LogP contribution in [-0.2, 0) is 19.4 Å². The van der Waals surface area contributed by atoms with Crippen LogP contribution in [0.4, 0.5) is 15.8 Å². The van der Waals surface area contributed by atoms with Gasteiger partial charge in [-0.15, -0.1) is 0 Å². The number of sulfone groups is 1. The van der Waals surface area contributed by atoms with Gasteiger partial charge in [-0.05, 0) is 36.4 Å². The van der Waals surface area contributed by atoms with E-state index < -0.39 is 27.3 Å². The van der Waals surface area contributed by atoms with Crippen LogP contribution in [0.2, 0.25) is 0 Å². The number of halogens is 1. The van der Waals surface area contributed by atoms with Gasteiger partial charge in [0.05, 0.1) is 22.0 Å². The quantitative estimate of drug-likeness (QED) is 0.843. The van der Waals surface area contributed by atoms with E-state index in [1.165, 1.54) is 17.0 Å². The van der Waals surface area contributed by atoms with Crippen molar-refractivity contribution in [3.05, 3.63) is 54.3 Å². The second-order valence-electron chi connectivity index (χ2n) is 5.57. The van der Waals surface area contributed by atoms with Gasteiger partial charge in [-0.2, -0.15) is 0 Å². The van der Waals surface area contributed by atoms with Crippen molar-refractivity contribution < 1.29 is 22.4 Å². The van der Waals surface area contributed by atoms with Gasteiger partial charge >= 0.3 is 0 Å². The Morgan fingerprint density at radius 1 is 1.12 bits per heavy atom. The number of carbonyl (C=O) groups is 2. The van der Waals surface area contributed by atoms with Gasteiger partial charge in [-0.3, -0.25) is 9.59 Å². The molecule has 1 N–H and O–H groups in total. The Labute approximate surface area is 144 Å². The third kappa shape index (κ3) is 3.69. The van der Waals surface area contributed by atoms with Gasteiger partial charge in [-0.1, -0.05) is 12.1 Å². The summed E-state index contributed by atoms with van der Waals surface area (Å²) in [6, 6.07) is 11.2. The van der Waals surface area contributed by atoms with Crippen LogP contribution in [0.5, 0.6) is 0 Å². The van der Waals surface area contributed by atoms with Gasteiger partial charge < -0.3 is 10.2 Å². The maximum atomic E-state index is 12.9. The first-order valence-electron chi connectivity index (χ1n) is 7.54. The lowest BCUT2D eigenvalue weighted by Gasteiger charge is -2.29. The summed E-state index contributed by atoms with van der Waals surface area (Å²) >= 11 is 0. The highest BCUT2D eigenvalue weighted by Crippen LogP contribution is 2.29. The SMILES string of the molecule is O=C1CN(C(=O)CCS(=O)(=O)c2ccc(F)cc2)c2ccccc2N1. The van der Waals surface area contributed by atoms with Crippen LogP contribution in [0.15, 0.2) is 53.4 Å². The van der Waals surface area contributed by atoms with Gasteiger partial charge in [0.2, 0.25) is 11.8 Å². The third-order valence-electron chi connectivity index (χ3n) is 3.83. The Kier molecular flexibility index (Phi) is 4.54. The minimum atomic E-state index is -3.72. The molecule has 0 fully saturated rings. The highest BCUT2D eigenvalue weighted by atomic mass is 32.2. The number of anilines is 2. The normalized spacial score (nSPS) is 14.0. The molecule has 3 rings (SSSR count). The van der Waals surface area contributed by atoms with Gasteiger partial charge in [-0.25, -0.2) is 12.8 Å². The molecule has 0 aromatic heterocycles. The summed E-state index contributed by atoms with van der Waals surface area (Å²) < 4.78 is 37.5. The van der Waals surface area contributed by atoms with Crippen molar-refractivity contribution in [3.63, 3.8) is 0 Å². The van der Waals surface area contributed by atoms with Crippen molar-refractivity contribution in [2.45, 2.75) is 11.3 Å². The lowest BCUT2D eigenvalue weighted by molar-refractivity contribution is -0.121. The second kappa shape index (κ2) is 6.64. The highest BCUT2D eigenvalue weighted by Gasteiger charge is 2.27. The lowest BCUT2D eigenvalue weighted by Crippen LogP contribution is -2.42. The molecule has 0 radical (unpaired) electrons. The van der Waals surface area contributed by atoms with Crippen molar-refractivity contribution in [3.8, 4) is 0 Å². The molecule has 0 atom stereocenters. The molecule has 0 saturated heterocycles. The molecule has 0 spiro atoms. The maximum Gasteiger partial charge on any atom is 0.244 e. The van der Waals surface area contributed by atoms with E-state index in [9.17, 15) is 22.4 Å². The molecule has 25 heavy (non-hydrogen) atoms. The van der Waals surface area contributed by atoms with Gasteiger partial charge in [0.1, 0.15) is 12.4 Å². The van der Waals surface area contributed by atoms with Crippen LogP contribution >= 0.6 is 0 Å².